The number of carboxylic acid groups (broad SMARTS) is 1. The molecule has 2 aliphatic rings. The number of carboxylic acids is 1. The summed E-state index contributed by atoms with van der Waals surface area (Å²) in [6, 6.07) is 2.53. The standard InChI is InChI=1S/C24H22N6O7S/c1-9-14(18(24(36)37)30-17(9)15(10(2)31)22(30)35)12-7-29-21(20(26)34)27-16(23(29)38-12)19(33)11-4-3-5-28(6-11)8-13(25)32/h3-7,9-10,15,17,31H,8H2,1-2H3,(H4-,25,26,32,34,36,37)/p+1/t9-,10+,15+,17+/m0/s1. The predicted octanol–water partition coefficient (Wildman–Crippen LogP) is -0.848. The number of nitrogens with zero attached hydrogens (tertiary/aromatic N) is 4. The molecule has 196 valence electrons. The van der Waals surface area contributed by atoms with Crippen LogP contribution in [0.15, 0.2) is 36.4 Å². The molecule has 6 N–H and O–H groups in total. The summed E-state index contributed by atoms with van der Waals surface area (Å²) >= 11 is 1.03. The summed E-state index contributed by atoms with van der Waals surface area (Å²) in [5, 5.41) is 20.1. The molecule has 0 saturated carbocycles. The Labute approximate surface area is 218 Å². The van der Waals surface area contributed by atoms with Crippen LogP contribution in [0.25, 0.3) is 10.4 Å². The number of carbonyl (C=O) groups is 5. The first-order valence-electron chi connectivity index (χ1n) is 11.5. The fourth-order valence-electron chi connectivity index (χ4n) is 5.29. The van der Waals surface area contributed by atoms with Gasteiger partial charge in [-0.15, -0.1) is 11.3 Å². The highest BCUT2D eigenvalue weighted by Crippen LogP contribution is 2.51. The van der Waals surface area contributed by atoms with Crippen LogP contribution in [0.2, 0.25) is 0 Å². The number of aliphatic carboxylic acids is 1. The molecule has 0 aromatic carbocycles. The molecule has 5 heterocycles. The molecule has 4 atom stereocenters. The number of aromatic nitrogens is 3. The van der Waals surface area contributed by atoms with Crippen LogP contribution in [0.3, 0.4) is 0 Å². The maximum atomic E-state index is 13.4. The summed E-state index contributed by atoms with van der Waals surface area (Å²) in [7, 11) is 0. The van der Waals surface area contributed by atoms with Crippen LogP contribution in [0.4, 0.5) is 0 Å². The van der Waals surface area contributed by atoms with Crippen molar-refractivity contribution in [2.75, 3.05) is 0 Å². The number of thiazole rings is 1. The van der Waals surface area contributed by atoms with Gasteiger partial charge in [0.25, 0.3) is 11.8 Å². The second-order valence-electron chi connectivity index (χ2n) is 9.30. The Hall–Kier alpha value is -4.43. The van der Waals surface area contributed by atoms with Gasteiger partial charge in [0.2, 0.25) is 24.1 Å². The lowest BCUT2D eigenvalue weighted by Gasteiger charge is -2.46. The minimum atomic E-state index is -1.31. The number of β-lactam (4-membered cyclic amide) rings is 1. The lowest BCUT2D eigenvalue weighted by molar-refractivity contribution is -0.684. The molecule has 13 nitrogen and oxygen atoms in total. The van der Waals surface area contributed by atoms with Gasteiger partial charge in [-0.1, -0.05) is 6.92 Å². The van der Waals surface area contributed by atoms with E-state index >= 15 is 0 Å². The third-order valence-corrected chi connectivity index (χ3v) is 7.98. The van der Waals surface area contributed by atoms with E-state index in [2.05, 4.69) is 4.98 Å². The molecule has 0 unspecified atom stereocenters. The van der Waals surface area contributed by atoms with E-state index in [0.29, 0.717) is 10.5 Å². The van der Waals surface area contributed by atoms with Crippen molar-refractivity contribution in [3.05, 3.63) is 58.4 Å². The Morgan fingerprint density at radius 1 is 1.26 bits per heavy atom. The Bertz CT molecular complexity index is 1600. The van der Waals surface area contributed by atoms with E-state index in [4.69, 9.17) is 11.5 Å². The third kappa shape index (κ3) is 3.68. The van der Waals surface area contributed by atoms with Crippen molar-refractivity contribution in [3.63, 3.8) is 0 Å². The number of aliphatic hydroxyl groups is 1. The average molecular weight is 540 g/mol. The number of carbonyl (C=O) groups excluding carboxylic acids is 4. The quantitative estimate of drug-likeness (QED) is 0.161. The molecule has 3 amide bonds. The highest BCUT2D eigenvalue weighted by molar-refractivity contribution is 7.18. The summed E-state index contributed by atoms with van der Waals surface area (Å²) in [6.07, 6.45) is 3.51. The lowest BCUT2D eigenvalue weighted by Crippen LogP contribution is -2.63. The molecule has 0 spiro atoms. The fourth-order valence-corrected chi connectivity index (χ4v) is 6.53. The van der Waals surface area contributed by atoms with Gasteiger partial charge in [-0.05, 0) is 13.0 Å². The number of ketones is 1. The molecule has 0 bridgehead atoms. The van der Waals surface area contributed by atoms with Crippen molar-refractivity contribution in [3.8, 4) is 0 Å². The number of hydrogen-bond acceptors (Lipinski definition) is 8. The minimum absolute atomic E-state index is 0.0868. The van der Waals surface area contributed by atoms with Gasteiger partial charge in [-0.25, -0.2) is 9.78 Å². The highest BCUT2D eigenvalue weighted by atomic mass is 32.1. The Morgan fingerprint density at radius 2 is 1.97 bits per heavy atom. The molecule has 1 saturated heterocycles. The van der Waals surface area contributed by atoms with Gasteiger partial charge in [0.1, 0.15) is 16.2 Å². The highest BCUT2D eigenvalue weighted by Gasteiger charge is 2.60. The van der Waals surface area contributed by atoms with E-state index in [0.717, 1.165) is 11.3 Å². The van der Waals surface area contributed by atoms with Gasteiger partial charge in [0.15, 0.2) is 12.4 Å². The second-order valence-corrected chi connectivity index (χ2v) is 10.3. The van der Waals surface area contributed by atoms with Crippen molar-refractivity contribution in [2.45, 2.75) is 32.5 Å². The summed E-state index contributed by atoms with van der Waals surface area (Å²) in [6.45, 7) is 3.10. The SMILES string of the molecule is C[C@@H](O)[C@H]1C(=O)N2C(C(=O)O)=C(c3cn4c(C(N)=O)nc(C(=O)c5ccc[n+](CC(N)=O)c5)c4s3)[C@H](C)[C@H]12. The van der Waals surface area contributed by atoms with E-state index in [1.165, 1.54) is 39.3 Å². The van der Waals surface area contributed by atoms with E-state index in [1.807, 2.05) is 0 Å². The number of aliphatic hydroxyl groups excluding tert-OH is 1. The summed E-state index contributed by atoms with van der Waals surface area (Å²) in [5.41, 5.74) is 11.0. The van der Waals surface area contributed by atoms with Crippen molar-refractivity contribution in [1.29, 1.82) is 0 Å². The van der Waals surface area contributed by atoms with Crippen molar-refractivity contribution < 1.29 is 38.8 Å². The van der Waals surface area contributed by atoms with E-state index < -0.39 is 53.5 Å². The van der Waals surface area contributed by atoms with Crippen molar-refractivity contribution in [2.24, 2.45) is 23.3 Å². The summed E-state index contributed by atoms with van der Waals surface area (Å²) in [4.78, 5) is 67.9. The maximum absolute atomic E-state index is 13.4. The fraction of sp³-hybridized carbons (Fsp3) is 0.292. The average Bonchev–Trinajstić information content (AvgIpc) is 3.46. The van der Waals surface area contributed by atoms with Gasteiger partial charge in [0.05, 0.1) is 28.5 Å². The van der Waals surface area contributed by atoms with Gasteiger partial charge in [-0.3, -0.25) is 23.6 Å². The zero-order valence-corrected chi connectivity index (χ0v) is 21.0. The normalized spacial score (nSPS) is 21.4. The Morgan fingerprint density at radius 3 is 2.58 bits per heavy atom. The summed E-state index contributed by atoms with van der Waals surface area (Å²) < 4.78 is 2.76. The lowest BCUT2D eigenvalue weighted by atomic mass is 9.77. The van der Waals surface area contributed by atoms with Gasteiger partial charge in [-0.2, -0.15) is 4.57 Å². The van der Waals surface area contributed by atoms with E-state index in [-0.39, 0.29) is 34.2 Å². The van der Waals surface area contributed by atoms with Gasteiger partial charge < -0.3 is 26.6 Å². The van der Waals surface area contributed by atoms with E-state index in [9.17, 15) is 34.2 Å². The molecule has 0 radical (unpaired) electrons. The number of amides is 3. The smallest absolute Gasteiger partial charge is 0.352 e. The molecular weight excluding hydrogens is 516 g/mol. The summed E-state index contributed by atoms with van der Waals surface area (Å²) in [5.74, 6) is -5.26. The van der Waals surface area contributed by atoms with Crippen molar-refractivity contribution in [1.82, 2.24) is 14.3 Å². The molecular formula is C24H23N6O7S+. The third-order valence-electron chi connectivity index (χ3n) is 6.85. The largest absolute Gasteiger partial charge is 0.477 e. The van der Waals surface area contributed by atoms with Crippen LogP contribution < -0.4 is 16.0 Å². The molecule has 1 fully saturated rings. The minimum Gasteiger partial charge on any atom is -0.477 e. The number of hydrogen-bond donors (Lipinski definition) is 4. The van der Waals surface area contributed by atoms with Gasteiger partial charge >= 0.3 is 5.97 Å². The zero-order chi connectivity index (χ0) is 27.6. The number of fused-ring (bicyclic) bond motifs is 2. The molecule has 14 heteroatoms. The number of primary amides is 2. The number of nitrogens with two attached hydrogens (primary N) is 2. The molecule has 38 heavy (non-hydrogen) atoms. The van der Waals surface area contributed by atoms with Crippen molar-refractivity contribution >= 4 is 51.2 Å². The second kappa shape index (κ2) is 8.85. The van der Waals surface area contributed by atoms with Crippen LogP contribution >= 0.6 is 11.3 Å². The first kappa shape index (κ1) is 25.2. The maximum Gasteiger partial charge on any atom is 0.352 e. The predicted molar refractivity (Wildman–Crippen MR) is 130 cm³/mol. The molecule has 0 aliphatic carbocycles. The topological polar surface area (TPSA) is 202 Å². The van der Waals surface area contributed by atoms with Crippen LogP contribution in [0.5, 0.6) is 0 Å². The molecule has 3 aromatic rings. The van der Waals surface area contributed by atoms with Crippen LogP contribution in [-0.4, -0.2) is 66.1 Å². The number of imidazole rings is 1. The number of rotatable bonds is 8. The Balaban J connectivity index is 1.64. The van der Waals surface area contributed by atoms with Gasteiger partial charge in [0, 0.05) is 23.8 Å². The molecule has 3 aromatic heterocycles. The molecule has 5 rings (SSSR count). The number of pyridine rings is 1. The zero-order valence-electron chi connectivity index (χ0n) is 20.2. The van der Waals surface area contributed by atoms with Crippen LogP contribution in [0.1, 0.15) is 45.4 Å². The molecule has 2 aliphatic heterocycles. The van der Waals surface area contributed by atoms with E-state index in [1.54, 1.807) is 19.2 Å². The van der Waals surface area contributed by atoms with Crippen LogP contribution in [-0.2, 0) is 20.9 Å². The monoisotopic (exact) mass is 539 g/mol. The first-order chi connectivity index (χ1) is 17.9. The Kier molecular flexibility index (Phi) is 5.87. The first-order valence-corrected chi connectivity index (χ1v) is 12.4. The van der Waals surface area contributed by atoms with Crippen LogP contribution in [0, 0.1) is 11.8 Å².